The van der Waals surface area contributed by atoms with Crippen molar-refractivity contribution in [2.24, 2.45) is 0 Å². The van der Waals surface area contributed by atoms with Crippen LogP contribution in [-0.4, -0.2) is 46.0 Å². The molecule has 0 aliphatic rings. The van der Waals surface area contributed by atoms with Gasteiger partial charge in [-0.15, -0.1) is 0 Å². The summed E-state index contributed by atoms with van der Waals surface area (Å²) in [6.07, 6.45) is 0.282. The van der Waals surface area contributed by atoms with Crippen LogP contribution in [0.4, 0.5) is 0 Å². The van der Waals surface area contributed by atoms with Crippen LogP contribution in [0, 0.1) is 4.77 Å². The highest BCUT2D eigenvalue weighted by atomic mass is 32.1. The fourth-order valence-corrected chi connectivity index (χ4v) is 1.54. The largest absolute Gasteiger partial charge is 0.388 e. The third kappa shape index (κ3) is 4.25. The lowest BCUT2D eigenvalue weighted by Crippen LogP contribution is -2.27. The van der Waals surface area contributed by atoms with Crippen LogP contribution in [0.3, 0.4) is 0 Å². The van der Waals surface area contributed by atoms with Gasteiger partial charge in [0.2, 0.25) is 5.91 Å². The van der Waals surface area contributed by atoms with Gasteiger partial charge in [0.25, 0.3) is 0 Å². The van der Waals surface area contributed by atoms with Gasteiger partial charge in [-0.05, 0) is 12.2 Å². The summed E-state index contributed by atoms with van der Waals surface area (Å²) >= 11 is 4.98. The summed E-state index contributed by atoms with van der Waals surface area (Å²) in [7, 11) is 1.57. The standard InChI is InChI=1S/C9H16N4O3S/c1-16-5-3-10-8(15)2-4-13-7(6-14)11-12-9(13)17/h14H,2-6H2,1H3,(H,10,15)(H,12,17). The Hall–Kier alpha value is -1.25. The summed E-state index contributed by atoms with van der Waals surface area (Å²) in [5, 5.41) is 18.1. The minimum atomic E-state index is -0.210. The molecule has 1 amide bonds. The zero-order valence-corrected chi connectivity index (χ0v) is 10.4. The van der Waals surface area contributed by atoms with Crippen molar-refractivity contribution in [3.05, 3.63) is 10.6 Å². The zero-order chi connectivity index (χ0) is 12.7. The maximum atomic E-state index is 11.4. The lowest BCUT2D eigenvalue weighted by Gasteiger charge is -2.06. The number of aromatic amines is 1. The molecule has 1 rings (SSSR count). The van der Waals surface area contributed by atoms with Crippen molar-refractivity contribution in [3.8, 4) is 0 Å². The average Bonchev–Trinajstić information content (AvgIpc) is 2.67. The number of amides is 1. The smallest absolute Gasteiger partial charge is 0.221 e. The molecule has 1 heterocycles. The number of hydrogen-bond acceptors (Lipinski definition) is 5. The van der Waals surface area contributed by atoms with Crippen molar-refractivity contribution in [3.63, 3.8) is 0 Å². The average molecular weight is 260 g/mol. The van der Waals surface area contributed by atoms with Crippen LogP contribution in [0.15, 0.2) is 0 Å². The van der Waals surface area contributed by atoms with Gasteiger partial charge in [-0.1, -0.05) is 0 Å². The van der Waals surface area contributed by atoms with Crippen LogP contribution < -0.4 is 5.32 Å². The van der Waals surface area contributed by atoms with Crippen molar-refractivity contribution in [2.45, 2.75) is 19.6 Å². The third-order valence-corrected chi connectivity index (χ3v) is 2.48. The van der Waals surface area contributed by atoms with Crippen LogP contribution in [0.2, 0.25) is 0 Å². The number of carbonyl (C=O) groups is 1. The first kappa shape index (κ1) is 13.8. The molecule has 0 bridgehead atoms. The lowest BCUT2D eigenvalue weighted by molar-refractivity contribution is -0.121. The number of methoxy groups -OCH3 is 1. The summed E-state index contributed by atoms with van der Waals surface area (Å²) in [5.41, 5.74) is 0. The molecule has 96 valence electrons. The molecule has 0 aliphatic carbocycles. The molecule has 0 aliphatic heterocycles. The monoisotopic (exact) mass is 260 g/mol. The molecule has 0 unspecified atom stereocenters. The molecular formula is C9H16N4O3S. The topological polar surface area (TPSA) is 92.2 Å². The highest BCUT2D eigenvalue weighted by molar-refractivity contribution is 7.71. The Bertz CT molecular complexity index is 415. The van der Waals surface area contributed by atoms with Gasteiger partial charge in [0.05, 0.1) is 6.61 Å². The van der Waals surface area contributed by atoms with E-state index >= 15 is 0 Å². The van der Waals surface area contributed by atoms with E-state index in [4.69, 9.17) is 22.1 Å². The van der Waals surface area contributed by atoms with Crippen molar-refractivity contribution in [2.75, 3.05) is 20.3 Å². The Kier molecular flexibility index (Phi) is 5.81. The van der Waals surface area contributed by atoms with Crippen molar-refractivity contribution in [1.29, 1.82) is 0 Å². The van der Waals surface area contributed by atoms with E-state index in [1.807, 2.05) is 0 Å². The van der Waals surface area contributed by atoms with Gasteiger partial charge >= 0.3 is 0 Å². The summed E-state index contributed by atoms with van der Waals surface area (Å²) in [4.78, 5) is 11.4. The minimum absolute atomic E-state index is 0.0889. The first-order valence-corrected chi connectivity index (χ1v) is 5.60. The van der Waals surface area contributed by atoms with Crippen LogP contribution in [0.25, 0.3) is 0 Å². The first-order chi connectivity index (χ1) is 8.19. The molecule has 0 saturated heterocycles. The number of H-pyrrole nitrogens is 1. The molecule has 1 aromatic rings. The minimum Gasteiger partial charge on any atom is -0.388 e. The van der Waals surface area contributed by atoms with Crippen LogP contribution in [-0.2, 0) is 22.7 Å². The quantitative estimate of drug-likeness (QED) is 0.458. The number of rotatable bonds is 7. The maximum Gasteiger partial charge on any atom is 0.221 e. The number of nitrogens with one attached hydrogen (secondary N) is 2. The summed E-state index contributed by atoms with van der Waals surface area (Å²) in [5.74, 6) is 0.341. The Labute approximate surface area is 104 Å². The number of nitrogens with zero attached hydrogens (tertiary/aromatic N) is 2. The fraction of sp³-hybridized carbons (Fsp3) is 0.667. The second-order valence-corrected chi connectivity index (χ2v) is 3.73. The maximum absolute atomic E-state index is 11.4. The van der Waals surface area contributed by atoms with E-state index in [-0.39, 0.29) is 18.9 Å². The zero-order valence-electron chi connectivity index (χ0n) is 9.60. The molecule has 1 aromatic heterocycles. The van der Waals surface area contributed by atoms with E-state index in [1.165, 1.54) is 0 Å². The van der Waals surface area contributed by atoms with Gasteiger partial charge in [-0.3, -0.25) is 9.89 Å². The predicted molar refractivity (Wildman–Crippen MR) is 62.8 cm³/mol. The third-order valence-electron chi connectivity index (χ3n) is 2.17. The van der Waals surface area contributed by atoms with E-state index in [1.54, 1.807) is 11.7 Å². The van der Waals surface area contributed by atoms with Gasteiger partial charge < -0.3 is 19.7 Å². The molecule has 8 heteroatoms. The molecule has 0 atom stereocenters. The fourth-order valence-electron chi connectivity index (χ4n) is 1.30. The highest BCUT2D eigenvalue weighted by Crippen LogP contribution is 1.99. The van der Waals surface area contributed by atoms with Gasteiger partial charge in [0, 0.05) is 26.6 Å². The number of aliphatic hydroxyl groups excluding tert-OH is 1. The van der Waals surface area contributed by atoms with Crippen LogP contribution in [0.5, 0.6) is 0 Å². The molecule has 0 saturated carbocycles. The Morgan fingerprint density at radius 1 is 1.71 bits per heavy atom. The Morgan fingerprint density at radius 2 is 2.47 bits per heavy atom. The molecule has 0 fully saturated rings. The molecule has 3 N–H and O–H groups in total. The van der Waals surface area contributed by atoms with E-state index in [2.05, 4.69) is 15.5 Å². The van der Waals surface area contributed by atoms with E-state index in [0.29, 0.717) is 30.3 Å². The van der Waals surface area contributed by atoms with Gasteiger partial charge in [-0.25, -0.2) is 0 Å². The van der Waals surface area contributed by atoms with Crippen LogP contribution in [0.1, 0.15) is 12.2 Å². The number of ether oxygens (including phenoxy) is 1. The lowest BCUT2D eigenvalue weighted by atomic mass is 10.4. The summed E-state index contributed by atoms with van der Waals surface area (Å²) < 4.78 is 6.82. The molecule has 0 spiro atoms. The molecule has 17 heavy (non-hydrogen) atoms. The van der Waals surface area contributed by atoms with Crippen molar-refractivity contribution < 1.29 is 14.6 Å². The highest BCUT2D eigenvalue weighted by Gasteiger charge is 2.07. The van der Waals surface area contributed by atoms with E-state index < -0.39 is 0 Å². The number of aliphatic hydroxyl groups is 1. The van der Waals surface area contributed by atoms with Crippen LogP contribution >= 0.6 is 12.2 Å². The predicted octanol–water partition coefficient (Wildman–Crippen LogP) is -0.414. The molecular weight excluding hydrogens is 244 g/mol. The van der Waals surface area contributed by atoms with Crippen molar-refractivity contribution >= 4 is 18.1 Å². The normalized spacial score (nSPS) is 10.5. The second kappa shape index (κ2) is 7.15. The van der Waals surface area contributed by atoms with Gasteiger partial charge in [0.1, 0.15) is 6.61 Å². The molecule has 0 aromatic carbocycles. The first-order valence-electron chi connectivity index (χ1n) is 5.19. The van der Waals surface area contributed by atoms with E-state index in [9.17, 15) is 4.79 Å². The van der Waals surface area contributed by atoms with E-state index in [0.717, 1.165) is 0 Å². The Balaban J connectivity index is 2.41. The SMILES string of the molecule is COCCNC(=O)CCn1c(CO)n[nH]c1=S. The van der Waals surface area contributed by atoms with Crippen molar-refractivity contribution in [1.82, 2.24) is 20.1 Å². The van der Waals surface area contributed by atoms with Gasteiger partial charge in [-0.2, -0.15) is 5.10 Å². The summed E-state index contributed by atoms with van der Waals surface area (Å²) in [6.45, 7) is 1.15. The number of aromatic nitrogens is 3. The molecule has 0 radical (unpaired) electrons. The number of carbonyl (C=O) groups excluding carboxylic acids is 1. The second-order valence-electron chi connectivity index (χ2n) is 3.35. The number of hydrogen-bond donors (Lipinski definition) is 3. The summed E-state index contributed by atoms with van der Waals surface area (Å²) in [6, 6.07) is 0. The van der Waals surface area contributed by atoms with Gasteiger partial charge in [0.15, 0.2) is 10.6 Å². The molecule has 7 nitrogen and oxygen atoms in total. The Morgan fingerprint density at radius 3 is 3.12 bits per heavy atom.